The minimum Gasteiger partial charge on any atom is -0.299 e. The molecule has 2 aliphatic heterocycles. The molecule has 3 nitrogen and oxygen atoms in total. The number of piperazine rings is 1. The zero-order valence-electron chi connectivity index (χ0n) is 15.1. The maximum Gasteiger partial charge on any atom is 0.0233 e. The number of benzene rings is 1. The van der Waals surface area contributed by atoms with Gasteiger partial charge in [0.1, 0.15) is 0 Å². The number of likely N-dealkylation sites (tertiary alicyclic amines) is 1. The van der Waals surface area contributed by atoms with Gasteiger partial charge in [-0.3, -0.25) is 14.7 Å². The van der Waals surface area contributed by atoms with E-state index in [9.17, 15) is 0 Å². The molecule has 2 heterocycles. The molecule has 0 bridgehead atoms. The second-order valence-corrected chi connectivity index (χ2v) is 8.00. The fraction of sp³-hybridized carbons (Fsp3) is 0.714. The van der Waals surface area contributed by atoms with Gasteiger partial charge >= 0.3 is 0 Å². The van der Waals surface area contributed by atoms with Crippen LogP contribution >= 0.6 is 0 Å². The van der Waals surface area contributed by atoms with Crippen molar-refractivity contribution in [2.75, 3.05) is 39.3 Å². The maximum absolute atomic E-state index is 2.80. The first-order chi connectivity index (χ1) is 11.9. The lowest BCUT2D eigenvalue weighted by atomic mass is 10.0. The van der Waals surface area contributed by atoms with Crippen LogP contribution in [-0.4, -0.2) is 66.1 Å². The normalized spacial score (nSPS) is 26.2. The number of rotatable bonds is 4. The zero-order chi connectivity index (χ0) is 16.2. The first-order valence-electron chi connectivity index (χ1n) is 10.1. The van der Waals surface area contributed by atoms with Crippen molar-refractivity contribution in [2.45, 2.75) is 57.2 Å². The van der Waals surface area contributed by atoms with Gasteiger partial charge in [-0.1, -0.05) is 43.2 Å². The Hall–Kier alpha value is -0.900. The second-order valence-electron chi connectivity index (χ2n) is 8.00. The Morgan fingerprint density at radius 3 is 1.79 bits per heavy atom. The summed E-state index contributed by atoms with van der Waals surface area (Å²) in [6, 6.07) is 12.7. The molecule has 0 unspecified atom stereocenters. The number of nitrogens with zero attached hydrogens (tertiary/aromatic N) is 3. The predicted molar refractivity (Wildman–Crippen MR) is 100 cm³/mol. The van der Waals surface area contributed by atoms with Crippen molar-refractivity contribution in [3.8, 4) is 0 Å². The Balaban J connectivity index is 1.20. The van der Waals surface area contributed by atoms with E-state index in [0.29, 0.717) is 0 Å². The van der Waals surface area contributed by atoms with E-state index in [1.807, 2.05) is 0 Å². The Bertz CT molecular complexity index is 481. The molecule has 0 spiro atoms. The molecule has 3 heteroatoms. The molecular weight excluding hydrogens is 294 g/mol. The molecule has 132 valence electrons. The van der Waals surface area contributed by atoms with Crippen molar-refractivity contribution in [3.63, 3.8) is 0 Å². The molecule has 1 aromatic carbocycles. The molecule has 0 N–H and O–H groups in total. The second kappa shape index (κ2) is 7.99. The minimum absolute atomic E-state index is 0.836. The molecule has 0 amide bonds. The van der Waals surface area contributed by atoms with Crippen molar-refractivity contribution in [1.82, 2.24) is 14.7 Å². The number of piperidine rings is 1. The highest BCUT2D eigenvalue weighted by Gasteiger charge is 2.30. The van der Waals surface area contributed by atoms with Crippen LogP contribution in [0.5, 0.6) is 0 Å². The third-order valence-electron chi connectivity index (χ3n) is 6.51. The molecule has 1 saturated carbocycles. The molecule has 24 heavy (non-hydrogen) atoms. The highest BCUT2D eigenvalue weighted by molar-refractivity contribution is 5.14. The molecule has 0 atom stereocenters. The Labute approximate surface area is 147 Å². The Morgan fingerprint density at radius 1 is 0.667 bits per heavy atom. The Kier molecular flexibility index (Phi) is 5.51. The summed E-state index contributed by atoms with van der Waals surface area (Å²) in [4.78, 5) is 8.22. The van der Waals surface area contributed by atoms with Crippen LogP contribution in [0.1, 0.15) is 44.1 Å². The van der Waals surface area contributed by atoms with Gasteiger partial charge in [0.05, 0.1) is 0 Å². The quantitative estimate of drug-likeness (QED) is 0.841. The third-order valence-corrected chi connectivity index (χ3v) is 6.51. The van der Waals surface area contributed by atoms with Crippen molar-refractivity contribution in [3.05, 3.63) is 35.9 Å². The van der Waals surface area contributed by atoms with Gasteiger partial charge < -0.3 is 0 Å². The van der Waals surface area contributed by atoms with Crippen LogP contribution in [0.2, 0.25) is 0 Å². The largest absolute Gasteiger partial charge is 0.299 e. The lowest BCUT2D eigenvalue weighted by molar-refractivity contribution is 0.0423. The number of hydrogen-bond acceptors (Lipinski definition) is 3. The summed E-state index contributed by atoms with van der Waals surface area (Å²) in [5, 5.41) is 0. The van der Waals surface area contributed by atoms with Crippen molar-refractivity contribution in [1.29, 1.82) is 0 Å². The summed E-state index contributed by atoms with van der Waals surface area (Å²) in [6.45, 7) is 8.90. The molecule has 1 aliphatic carbocycles. The summed E-state index contributed by atoms with van der Waals surface area (Å²) < 4.78 is 0. The lowest BCUT2D eigenvalue weighted by Gasteiger charge is -2.44. The topological polar surface area (TPSA) is 9.72 Å². The smallest absolute Gasteiger partial charge is 0.0233 e. The standard InChI is InChI=1S/C21H33N3/c1-2-6-19(7-3-1)18-22-12-10-21(11-13-22)24-16-14-23(15-17-24)20-8-4-5-9-20/h1-3,6-7,20-21H,4-5,8-18H2. The number of hydrogen-bond donors (Lipinski definition) is 0. The highest BCUT2D eigenvalue weighted by atomic mass is 15.3. The van der Waals surface area contributed by atoms with Crippen LogP contribution in [0, 0.1) is 0 Å². The van der Waals surface area contributed by atoms with E-state index < -0.39 is 0 Å². The fourth-order valence-electron chi connectivity index (χ4n) is 5.02. The van der Waals surface area contributed by atoms with E-state index in [2.05, 4.69) is 45.0 Å². The van der Waals surface area contributed by atoms with Gasteiger partial charge in [0.25, 0.3) is 0 Å². The van der Waals surface area contributed by atoms with Crippen LogP contribution in [0.4, 0.5) is 0 Å². The Morgan fingerprint density at radius 2 is 1.21 bits per heavy atom. The molecule has 1 aromatic rings. The van der Waals surface area contributed by atoms with E-state index in [1.54, 1.807) is 0 Å². The van der Waals surface area contributed by atoms with Crippen LogP contribution in [-0.2, 0) is 6.54 Å². The van der Waals surface area contributed by atoms with Gasteiger partial charge in [-0.05, 0) is 44.3 Å². The molecule has 3 fully saturated rings. The van der Waals surface area contributed by atoms with Crippen LogP contribution in [0.15, 0.2) is 30.3 Å². The summed E-state index contributed by atoms with van der Waals surface area (Å²) in [6.07, 6.45) is 8.55. The van der Waals surface area contributed by atoms with E-state index in [1.165, 1.54) is 83.4 Å². The van der Waals surface area contributed by atoms with Gasteiger partial charge in [0.15, 0.2) is 0 Å². The highest BCUT2D eigenvalue weighted by Crippen LogP contribution is 2.26. The van der Waals surface area contributed by atoms with Crippen LogP contribution in [0.3, 0.4) is 0 Å². The van der Waals surface area contributed by atoms with E-state index >= 15 is 0 Å². The minimum atomic E-state index is 0.836. The van der Waals surface area contributed by atoms with Gasteiger partial charge in [0, 0.05) is 44.8 Å². The summed E-state index contributed by atoms with van der Waals surface area (Å²) in [5.74, 6) is 0. The first-order valence-corrected chi connectivity index (χ1v) is 10.1. The van der Waals surface area contributed by atoms with Gasteiger partial charge in [-0.25, -0.2) is 0 Å². The van der Waals surface area contributed by atoms with E-state index in [0.717, 1.165) is 18.6 Å². The molecule has 0 radical (unpaired) electrons. The van der Waals surface area contributed by atoms with E-state index in [-0.39, 0.29) is 0 Å². The average Bonchev–Trinajstić information content (AvgIpc) is 3.18. The van der Waals surface area contributed by atoms with Gasteiger partial charge in [-0.15, -0.1) is 0 Å². The SMILES string of the molecule is c1ccc(CN2CCC(N3CCN(C4CCCC4)CC3)CC2)cc1. The zero-order valence-corrected chi connectivity index (χ0v) is 15.1. The molecule has 3 aliphatic rings. The fourth-order valence-corrected chi connectivity index (χ4v) is 5.02. The van der Waals surface area contributed by atoms with Crippen molar-refractivity contribution < 1.29 is 0 Å². The predicted octanol–water partition coefficient (Wildman–Crippen LogP) is 3.21. The van der Waals surface area contributed by atoms with Crippen LogP contribution < -0.4 is 0 Å². The lowest BCUT2D eigenvalue weighted by Crippen LogP contribution is -2.54. The molecule has 0 aromatic heterocycles. The van der Waals surface area contributed by atoms with Gasteiger partial charge in [0.2, 0.25) is 0 Å². The molecule has 2 saturated heterocycles. The van der Waals surface area contributed by atoms with Crippen molar-refractivity contribution in [2.24, 2.45) is 0 Å². The molecule has 4 rings (SSSR count). The third kappa shape index (κ3) is 4.01. The summed E-state index contributed by atoms with van der Waals surface area (Å²) >= 11 is 0. The monoisotopic (exact) mass is 327 g/mol. The summed E-state index contributed by atoms with van der Waals surface area (Å²) in [5.41, 5.74) is 1.46. The van der Waals surface area contributed by atoms with E-state index in [4.69, 9.17) is 0 Å². The summed E-state index contributed by atoms with van der Waals surface area (Å²) in [7, 11) is 0. The maximum atomic E-state index is 2.80. The average molecular weight is 328 g/mol. The van der Waals surface area contributed by atoms with Crippen LogP contribution in [0.25, 0.3) is 0 Å². The van der Waals surface area contributed by atoms with Crippen molar-refractivity contribution >= 4 is 0 Å². The van der Waals surface area contributed by atoms with Gasteiger partial charge in [-0.2, -0.15) is 0 Å². The first kappa shape index (κ1) is 16.6. The molecular formula is C21H33N3.